The summed E-state index contributed by atoms with van der Waals surface area (Å²) in [5.41, 5.74) is 8.45. The fraction of sp³-hybridized carbons (Fsp3) is 0.167. The standard InChI is InChI=1S/C12H12N2O2/c1-7-11(8(2)16-14-7)9-3-5-10(6-4-9)12(13)15/h3-6H,1-2H3,(H2,13,15). The summed E-state index contributed by atoms with van der Waals surface area (Å²) >= 11 is 0. The molecule has 1 aromatic heterocycles. The van der Waals surface area contributed by atoms with Crippen LogP contribution in [0.2, 0.25) is 0 Å². The predicted molar refractivity (Wildman–Crippen MR) is 59.9 cm³/mol. The summed E-state index contributed by atoms with van der Waals surface area (Å²) in [7, 11) is 0. The average Bonchev–Trinajstić information content (AvgIpc) is 2.59. The molecule has 0 fully saturated rings. The third-order valence-corrected chi connectivity index (χ3v) is 2.49. The number of carbonyl (C=O) groups is 1. The van der Waals surface area contributed by atoms with E-state index in [2.05, 4.69) is 5.16 Å². The first-order valence-electron chi connectivity index (χ1n) is 4.92. The molecular weight excluding hydrogens is 204 g/mol. The lowest BCUT2D eigenvalue weighted by Crippen LogP contribution is -2.10. The largest absolute Gasteiger partial charge is 0.366 e. The first-order chi connectivity index (χ1) is 7.59. The Morgan fingerprint density at radius 2 is 1.88 bits per heavy atom. The normalized spacial score (nSPS) is 10.4. The van der Waals surface area contributed by atoms with Gasteiger partial charge in [0.2, 0.25) is 5.91 Å². The Hall–Kier alpha value is -2.10. The Balaban J connectivity index is 2.46. The monoisotopic (exact) mass is 216 g/mol. The van der Waals surface area contributed by atoms with Gasteiger partial charge in [-0.15, -0.1) is 0 Å². The second kappa shape index (κ2) is 3.81. The number of primary amides is 1. The van der Waals surface area contributed by atoms with E-state index in [1.807, 2.05) is 26.0 Å². The highest BCUT2D eigenvalue weighted by atomic mass is 16.5. The average molecular weight is 216 g/mol. The number of amides is 1. The van der Waals surface area contributed by atoms with Gasteiger partial charge in [-0.3, -0.25) is 4.79 Å². The van der Waals surface area contributed by atoms with Gasteiger partial charge in [-0.2, -0.15) is 0 Å². The van der Waals surface area contributed by atoms with Crippen molar-refractivity contribution in [1.29, 1.82) is 0 Å². The van der Waals surface area contributed by atoms with Crippen LogP contribution in [0.5, 0.6) is 0 Å². The Labute approximate surface area is 93.1 Å². The minimum atomic E-state index is -0.426. The summed E-state index contributed by atoms with van der Waals surface area (Å²) in [6.07, 6.45) is 0. The molecule has 0 aliphatic carbocycles. The van der Waals surface area contributed by atoms with Gasteiger partial charge < -0.3 is 10.3 Å². The molecule has 0 radical (unpaired) electrons. The van der Waals surface area contributed by atoms with Crippen molar-refractivity contribution in [3.05, 3.63) is 41.3 Å². The molecule has 0 saturated carbocycles. The van der Waals surface area contributed by atoms with Crippen molar-refractivity contribution in [1.82, 2.24) is 5.16 Å². The van der Waals surface area contributed by atoms with Crippen LogP contribution in [0.3, 0.4) is 0 Å². The van der Waals surface area contributed by atoms with E-state index in [0.717, 1.165) is 22.6 Å². The number of hydrogen-bond acceptors (Lipinski definition) is 3. The van der Waals surface area contributed by atoms with E-state index in [1.54, 1.807) is 12.1 Å². The Morgan fingerprint density at radius 1 is 1.25 bits per heavy atom. The van der Waals surface area contributed by atoms with E-state index in [9.17, 15) is 4.79 Å². The molecule has 0 unspecified atom stereocenters. The molecule has 0 aliphatic heterocycles. The number of carbonyl (C=O) groups excluding carboxylic acids is 1. The van der Waals surface area contributed by atoms with E-state index in [-0.39, 0.29) is 0 Å². The van der Waals surface area contributed by atoms with Crippen molar-refractivity contribution in [3.63, 3.8) is 0 Å². The van der Waals surface area contributed by atoms with Gasteiger partial charge in [-0.05, 0) is 31.5 Å². The van der Waals surface area contributed by atoms with Crippen LogP contribution in [-0.2, 0) is 0 Å². The number of rotatable bonds is 2. The molecule has 1 heterocycles. The van der Waals surface area contributed by atoms with Crippen LogP contribution < -0.4 is 5.73 Å². The summed E-state index contributed by atoms with van der Waals surface area (Å²) < 4.78 is 5.09. The molecule has 82 valence electrons. The quantitative estimate of drug-likeness (QED) is 0.835. The van der Waals surface area contributed by atoms with Gasteiger partial charge in [-0.1, -0.05) is 17.3 Å². The third kappa shape index (κ3) is 1.69. The van der Waals surface area contributed by atoms with E-state index >= 15 is 0 Å². The van der Waals surface area contributed by atoms with Crippen molar-refractivity contribution in [3.8, 4) is 11.1 Å². The summed E-state index contributed by atoms with van der Waals surface area (Å²) in [4.78, 5) is 10.9. The highest BCUT2D eigenvalue weighted by molar-refractivity contribution is 5.93. The summed E-state index contributed by atoms with van der Waals surface area (Å²) in [6, 6.07) is 7.08. The smallest absolute Gasteiger partial charge is 0.248 e. The maximum absolute atomic E-state index is 10.9. The van der Waals surface area contributed by atoms with Crippen molar-refractivity contribution < 1.29 is 9.32 Å². The Kier molecular flexibility index (Phi) is 2.48. The number of nitrogens with zero attached hydrogens (tertiary/aromatic N) is 1. The van der Waals surface area contributed by atoms with Gasteiger partial charge in [0.25, 0.3) is 0 Å². The third-order valence-electron chi connectivity index (χ3n) is 2.49. The summed E-state index contributed by atoms with van der Waals surface area (Å²) in [5, 5.41) is 3.88. The zero-order valence-electron chi connectivity index (χ0n) is 9.15. The van der Waals surface area contributed by atoms with E-state index in [1.165, 1.54) is 0 Å². The van der Waals surface area contributed by atoms with Gasteiger partial charge in [0, 0.05) is 11.1 Å². The Bertz CT molecular complexity index is 507. The second-order valence-electron chi connectivity index (χ2n) is 3.64. The molecule has 1 amide bonds. The molecule has 16 heavy (non-hydrogen) atoms. The van der Waals surface area contributed by atoms with Crippen LogP contribution in [0.15, 0.2) is 28.8 Å². The minimum Gasteiger partial charge on any atom is -0.366 e. The SMILES string of the molecule is Cc1noc(C)c1-c1ccc(C(N)=O)cc1. The predicted octanol–water partition coefficient (Wildman–Crippen LogP) is 2.06. The number of hydrogen-bond donors (Lipinski definition) is 1. The van der Waals surface area contributed by atoms with Crippen LogP contribution in [0.1, 0.15) is 21.8 Å². The first kappa shape index (κ1) is 10.4. The molecule has 0 spiro atoms. The van der Waals surface area contributed by atoms with E-state index < -0.39 is 5.91 Å². The van der Waals surface area contributed by atoms with E-state index in [0.29, 0.717) is 5.56 Å². The highest BCUT2D eigenvalue weighted by Crippen LogP contribution is 2.26. The second-order valence-corrected chi connectivity index (χ2v) is 3.64. The molecule has 2 N–H and O–H groups in total. The summed E-state index contributed by atoms with van der Waals surface area (Å²) in [5.74, 6) is 0.342. The van der Waals surface area contributed by atoms with Crippen molar-refractivity contribution in [2.45, 2.75) is 13.8 Å². The summed E-state index contributed by atoms with van der Waals surface area (Å²) in [6.45, 7) is 3.74. The van der Waals surface area contributed by atoms with Crippen LogP contribution in [0.25, 0.3) is 11.1 Å². The fourth-order valence-corrected chi connectivity index (χ4v) is 1.70. The van der Waals surface area contributed by atoms with Crippen LogP contribution in [0.4, 0.5) is 0 Å². The maximum Gasteiger partial charge on any atom is 0.248 e. The zero-order valence-corrected chi connectivity index (χ0v) is 9.15. The van der Waals surface area contributed by atoms with Crippen LogP contribution in [-0.4, -0.2) is 11.1 Å². The molecule has 0 aliphatic rings. The lowest BCUT2D eigenvalue weighted by molar-refractivity contribution is 0.100. The molecule has 0 atom stereocenters. The van der Waals surface area contributed by atoms with Crippen molar-refractivity contribution in [2.24, 2.45) is 5.73 Å². The number of nitrogens with two attached hydrogens (primary N) is 1. The van der Waals surface area contributed by atoms with Crippen LogP contribution >= 0.6 is 0 Å². The molecule has 4 nitrogen and oxygen atoms in total. The molecule has 2 aromatic rings. The van der Waals surface area contributed by atoms with Crippen LogP contribution in [0, 0.1) is 13.8 Å². The van der Waals surface area contributed by atoms with Gasteiger partial charge in [-0.25, -0.2) is 0 Å². The molecule has 1 aromatic carbocycles. The lowest BCUT2D eigenvalue weighted by Gasteiger charge is -2.01. The van der Waals surface area contributed by atoms with Gasteiger partial charge in [0.05, 0.1) is 5.69 Å². The minimum absolute atomic E-state index is 0.426. The number of aryl methyl sites for hydroxylation is 2. The highest BCUT2D eigenvalue weighted by Gasteiger charge is 2.11. The van der Waals surface area contributed by atoms with Crippen molar-refractivity contribution in [2.75, 3.05) is 0 Å². The van der Waals surface area contributed by atoms with Crippen molar-refractivity contribution >= 4 is 5.91 Å². The topological polar surface area (TPSA) is 69.1 Å². The number of aromatic nitrogens is 1. The van der Waals surface area contributed by atoms with Gasteiger partial charge in [0.1, 0.15) is 5.76 Å². The molecule has 2 rings (SSSR count). The first-order valence-corrected chi connectivity index (χ1v) is 4.92. The lowest BCUT2D eigenvalue weighted by atomic mass is 10.0. The Morgan fingerprint density at radius 3 is 2.31 bits per heavy atom. The zero-order chi connectivity index (χ0) is 11.7. The fourth-order valence-electron chi connectivity index (χ4n) is 1.70. The maximum atomic E-state index is 10.9. The van der Waals surface area contributed by atoms with Gasteiger partial charge in [0.15, 0.2) is 0 Å². The van der Waals surface area contributed by atoms with Gasteiger partial charge >= 0.3 is 0 Å². The molecule has 4 heteroatoms. The molecule has 0 saturated heterocycles. The molecular formula is C12H12N2O2. The number of benzene rings is 1. The molecule has 0 bridgehead atoms. The van der Waals surface area contributed by atoms with E-state index in [4.69, 9.17) is 10.3 Å².